The van der Waals surface area contributed by atoms with Gasteiger partial charge in [-0.2, -0.15) is 5.10 Å². The quantitative estimate of drug-likeness (QED) is 0.563. The number of nitrogens with zero attached hydrogens (tertiary/aromatic N) is 2. The highest BCUT2D eigenvalue weighted by Gasteiger charge is 2.41. The fourth-order valence-corrected chi connectivity index (χ4v) is 3.88. The second-order valence-corrected chi connectivity index (χ2v) is 7.24. The van der Waals surface area contributed by atoms with Crippen LogP contribution in [0.5, 0.6) is 5.75 Å². The number of benzene rings is 2. The lowest BCUT2D eigenvalue weighted by Gasteiger charge is -2.38. The van der Waals surface area contributed by atoms with Crippen molar-refractivity contribution >= 4 is 21.6 Å². The fraction of sp³-hybridized carbons (Fsp3) is 0.150. The minimum absolute atomic E-state index is 0.0337. The van der Waals surface area contributed by atoms with E-state index in [2.05, 4.69) is 22.0 Å². The molecule has 4 nitrogen and oxygen atoms in total. The van der Waals surface area contributed by atoms with Crippen molar-refractivity contribution in [2.24, 2.45) is 5.10 Å². The molecule has 0 spiro atoms. The van der Waals surface area contributed by atoms with E-state index in [0.29, 0.717) is 0 Å². The lowest BCUT2D eigenvalue weighted by Crippen LogP contribution is -2.33. The summed E-state index contributed by atoms with van der Waals surface area (Å²) >= 11 is 3.54. The molecule has 3 aromatic rings. The van der Waals surface area contributed by atoms with E-state index in [1.807, 2.05) is 29.3 Å². The lowest BCUT2D eigenvalue weighted by atomic mass is 9.97. The molecule has 2 aliphatic rings. The minimum atomic E-state index is -0.415. The first kappa shape index (κ1) is 15.6. The van der Waals surface area contributed by atoms with E-state index in [1.54, 1.807) is 18.4 Å². The van der Waals surface area contributed by atoms with Crippen molar-refractivity contribution in [1.82, 2.24) is 5.01 Å². The van der Waals surface area contributed by atoms with Crippen LogP contribution in [0.1, 0.15) is 35.6 Å². The molecule has 6 heteroatoms. The van der Waals surface area contributed by atoms with Crippen LogP contribution in [0.3, 0.4) is 0 Å². The van der Waals surface area contributed by atoms with Crippen molar-refractivity contribution < 1.29 is 13.5 Å². The predicted octanol–water partition coefficient (Wildman–Crippen LogP) is 5.42. The Morgan fingerprint density at radius 2 is 1.96 bits per heavy atom. The van der Waals surface area contributed by atoms with Gasteiger partial charge in [-0.25, -0.2) is 9.40 Å². The highest BCUT2D eigenvalue weighted by Crippen LogP contribution is 2.48. The number of hydrogen-bond donors (Lipinski definition) is 0. The second-order valence-electron chi connectivity index (χ2n) is 6.33. The molecule has 0 saturated heterocycles. The number of hydrazone groups is 1. The SMILES string of the molecule is Fc1ccc([C@H]2Oc3ccc(Br)cc3[C@@H]3CC(c4ccco4)=NN23)cc1. The Labute approximate surface area is 158 Å². The Kier molecular flexibility index (Phi) is 3.60. The molecule has 0 bridgehead atoms. The van der Waals surface area contributed by atoms with Crippen LogP contribution in [0.4, 0.5) is 4.39 Å². The number of furan rings is 1. The van der Waals surface area contributed by atoms with Gasteiger partial charge in [-0.05, 0) is 42.5 Å². The van der Waals surface area contributed by atoms with E-state index in [4.69, 9.17) is 14.3 Å². The van der Waals surface area contributed by atoms with Gasteiger partial charge in [0.2, 0.25) is 6.23 Å². The molecular formula is C20H14BrFN2O2. The molecule has 26 heavy (non-hydrogen) atoms. The standard InChI is InChI=1S/C20H14BrFN2O2/c21-13-5-8-18-15(10-13)17-11-16(19-2-1-9-25-19)23-24(17)20(26-18)12-3-6-14(22)7-4-12/h1-10,17,20H,11H2/t17-,20+/m0/s1. The van der Waals surface area contributed by atoms with Gasteiger partial charge in [0.1, 0.15) is 23.0 Å². The van der Waals surface area contributed by atoms with Gasteiger partial charge in [-0.15, -0.1) is 0 Å². The van der Waals surface area contributed by atoms with Gasteiger partial charge in [0.15, 0.2) is 0 Å². The summed E-state index contributed by atoms with van der Waals surface area (Å²) in [6, 6.07) is 16.1. The highest BCUT2D eigenvalue weighted by atomic mass is 79.9. The van der Waals surface area contributed by atoms with Gasteiger partial charge < -0.3 is 9.15 Å². The third-order valence-electron chi connectivity index (χ3n) is 4.71. The van der Waals surface area contributed by atoms with Crippen LogP contribution in [0.15, 0.2) is 74.9 Å². The third kappa shape index (κ3) is 2.52. The molecule has 0 aliphatic carbocycles. The summed E-state index contributed by atoms with van der Waals surface area (Å²) in [5.41, 5.74) is 2.81. The summed E-state index contributed by atoms with van der Waals surface area (Å²) in [6.07, 6.45) is 1.95. The fourth-order valence-electron chi connectivity index (χ4n) is 3.50. The average Bonchev–Trinajstić information content (AvgIpc) is 3.32. The highest BCUT2D eigenvalue weighted by molar-refractivity contribution is 9.10. The van der Waals surface area contributed by atoms with Crippen LogP contribution in [0.25, 0.3) is 0 Å². The number of fused-ring (bicyclic) bond motifs is 3. The average molecular weight is 413 g/mol. The normalized spacial score (nSPS) is 21.0. The molecule has 0 fully saturated rings. The Hall–Kier alpha value is -2.60. The summed E-state index contributed by atoms with van der Waals surface area (Å²) in [7, 11) is 0. The van der Waals surface area contributed by atoms with Gasteiger partial charge in [0.05, 0.1) is 12.3 Å². The van der Waals surface area contributed by atoms with Crippen LogP contribution in [-0.2, 0) is 0 Å². The molecule has 0 unspecified atom stereocenters. The molecule has 2 atom stereocenters. The van der Waals surface area contributed by atoms with E-state index in [0.717, 1.165) is 39.2 Å². The maximum atomic E-state index is 13.4. The Balaban J connectivity index is 1.61. The zero-order chi connectivity index (χ0) is 17.7. The molecule has 1 aromatic heterocycles. The first-order valence-electron chi connectivity index (χ1n) is 8.30. The molecule has 0 amide bonds. The lowest BCUT2D eigenvalue weighted by molar-refractivity contribution is -0.0191. The van der Waals surface area contributed by atoms with Gasteiger partial charge >= 0.3 is 0 Å². The summed E-state index contributed by atoms with van der Waals surface area (Å²) in [5, 5.41) is 6.73. The van der Waals surface area contributed by atoms with Crippen LogP contribution in [-0.4, -0.2) is 10.7 Å². The van der Waals surface area contributed by atoms with Crippen LogP contribution >= 0.6 is 15.9 Å². The van der Waals surface area contributed by atoms with Crippen LogP contribution in [0, 0.1) is 5.82 Å². The van der Waals surface area contributed by atoms with Gasteiger partial charge in [0, 0.05) is 22.0 Å². The largest absolute Gasteiger partial charge is 0.464 e. The monoisotopic (exact) mass is 412 g/mol. The Morgan fingerprint density at radius 3 is 2.73 bits per heavy atom. The van der Waals surface area contributed by atoms with E-state index < -0.39 is 6.23 Å². The predicted molar refractivity (Wildman–Crippen MR) is 98.4 cm³/mol. The second kappa shape index (κ2) is 5.99. The summed E-state index contributed by atoms with van der Waals surface area (Å²) in [4.78, 5) is 0. The van der Waals surface area contributed by atoms with E-state index in [1.165, 1.54) is 12.1 Å². The van der Waals surface area contributed by atoms with Crippen molar-refractivity contribution in [3.63, 3.8) is 0 Å². The molecule has 2 aliphatic heterocycles. The Morgan fingerprint density at radius 1 is 1.12 bits per heavy atom. The summed E-state index contributed by atoms with van der Waals surface area (Å²) in [5.74, 6) is 1.31. The van der Waals surface area contributed by atoms with Crippen molar-refractivity contribution in [3.05, 3.63) is 88.0 Å². The van der Waals surface area contributed by atoms with Crippen molar-refractivity contribution in [2.75, 3.05) is 0 Å². The minimum Gasteiger partial charge on any atom is -0.464 e. The zero-order valence-corrected chi connectivity index (χ0v) is 15.2. The van der Waals surface area contributed by atoms with Gasteiger partial charge in [0.25, 0.3) is 0 Å². The number of halogens is 2. The summed E-state index contributed by atoms with van der Waals surface area (Å²) in [6.45, 7) is 0. The molecule has 3 heterocycles. The van der Waals surface area contributed by atoms with E-state index >= 15 is 0 Å². The molecule has 0 N–H and O–H groups in total. The zero-order valence-electron chi connectivity index (χ0n) is 13.6. The van der Waals surface area contributed by atoms with Crippen molar-refractivity contribution in [2.45, 2.75) is 18.7 Å². The molecule has 5 rings (SSSR count). The van der Waals surface area contributed by atoms with Crippen molar-refractivity contribution in [3.8, 4) is 5.75 Å². The first-order chi connectivity index (χ1) is 12.7. The maximum Gasteiger partial charge on any atom is 0.213 e. The Bertz CT molecular complexity index is 986. The third-order valence-corrected chi connectivity index (χ3v) is 5.21. The van der Waals surface area contributed by atoms with Crippen LogP contribution < -0.4 is 4.74 Å². The summed E-state index contributed by atoms with van der Waals surface area (Å²) < 4.78 is 26.1. The molecule has 0 radical (unpaired) electrons. The van der Waals surface area contributed by atoms with Gasteiger partial charge in [-0.1, -0.05) is 28.1 Å². The van der Waals surface area contributed by atoms with E-state index in [9.17, 15) is 4.39 Å². The first-order valence-corrected chi connectivity index (χ1v) is 9.09. The molecule has 130 valence electrons. The van der Waals surface area contributed by atoms with Gasteiger partial charge in [-0.3, -0.25) is 0 Å². The smallest absolute Gasteiger partial charge is 0.213 e. The van der Waals surface area contributed by atoms with E-state index in [-0.39, 0.29) is 11.9 Å². The van der Waals surface area contributed by atoms with Crippen LogP contribution in [0.2, 0.25) is 0 Å². The molecular weight excluding hydrogens is 399 g/mol. The number of hydrogen-bond acceptors (Lipinski definition) is 4. The molecule has 2 aromatic carbocycles. The van der Waals surface area contributed by atoms with Crippen molar-refractivity contribution in [1.29, 1.82) is 0 Å². The maximum absolute atomic E-state index is 13.4. The number of ether oxygens (including phenoxy) is 1. The topological polar surface area (TPSA) is 38.0 Å². The number of rotatable bonds is 2. The molecule has 0 saturated carbocycles.